The van der Waals surface area contributed by atoms with E-state index in [1.165, 1.54) is 17.8 Å². The predicted molar refractivity (Wildman–Crippen MR) is 207 cm³/mol. The van der Waals surface area contributed by atoms with E-state index in [2.05, 4.69) is 25.6 Å². The van der Waals surface area contributed by atoms with Crippen molar-refractivity contribution in [1.29, 1.82) is 0 Å². The number of nitrogens with one attached hydrogen (secondary N) is 1. The lowest BCUT2D eigenvalue weighted by Gasteiger charge is -2.22. The van der Waals surface area contributed by atoms with Gasteiger partial charge in [-0.15, -0.1) is 56.6 Å². The van der Waals surface area contributed by atoms with Crippen LogP contribution in [-0.4, -0.2) is 57.2 Å². The van der Waals surface area contributed by atoms with Crippen molar-refractivity contribution in [3.8, 4) is 11.5 Å². The average molecular weight is 847 g/mol. The van der Waals surface area contributed by atoms with Crippen LogP contribution in [-0.2, 0) is 24.2 Å². The minimum Gasteiger partial charge on any atom is -0.492 e. The Labute approximate surface area is 322 Å². The fourth-order valence-corrected chi connectivity index (χ4v) is 7.50. The summed E-state index contributed by atoms with van der Waals surface area (Å²) >= 11 is 3.35. The van der Waals surface area contributed by atoms with Crippen molar-refractivity contribution in [2.24, 2.45) is 0 Å². The van der Waals surface area contributed by atoms with Crippen molar-refractivity contribution in [2.45, 2.75) is 57.2 Å². The Bertz CT molecular complexity index is 1680. The van der Waals surface area contributed by atoms with Crippen LogP contribution in [0.4, 0.5) is 4.79 Å². The number of rotatable bonds is 12. The van der Waals surface area contributed by atoms with Crippen LogP contribution in [0.25, 0.3) is 0 Å². The highest BCUT2D eigenvalue weighted by Gasteiger charge is 2.33. The fourth-order valence-electron chi connectivity index (χ4n) is 5.54. The number of aromatic nitrogens is 4. The summed E-state index contributed by atoms with van der Waals surface area (Å²) in [6.45, 7) is 3.30. The van der Waals surface area contributed by atoms with Gasteiger partial charge in [0.1, 0.15) is 28.1 Å². The molecule has 4 aromatic heterocycles. The van der Waals surface area contributed by atoms with Gasteiger partial charge in [-0.25, -0.2) is 14.8 Å². The van der Waals surface area contributed by atoms with E-state index in [4.69, 9.17) is 19.2 Å². The normalized spacial score (nSPS) is 16.4. The number of likely N-dealkylation sites (tertiary alicyclic amines) is 1. The zero-order chi connectivity index (χ0) is 32.8. The third kappa shape index (κ3) is 11.8. The van der Waals surface area contributed by atoms with E-state index in [0.717, 1.165) is 65.7 Å². The number of carbonyl (C=O) groups excluding carboxylic acids is 1. The Hall–Kier alpha value is -3.43. The fraction of sp³-hybridized carbons (Fsp3) is 0.361. The topological polar surface area (TPSA) is 112 Å². The molecule has 0 bridgehead atoms. The molecule has 1 N–H and O–H groups in total. The molecule has 10 nitrogen and oxygen atoms in total. The summed E-state index contributed by atoms with van der Waals surface area (Å²) in [5.41, 5.74) is 3.10. The molecule has 50 heavy (non-hydrogen) atoms. The number of hydrogen-bond acceptors (Lipinski definition) is 11. The Morgan fingerprint density at radius 2 is 1.44 bits per heavy atom. The monoisotopic (exact) mass is 844 g/mol. The molecule has 14 heteroatoms. The summed E-state index contributed by atoms with van der Waals surface area (Å²) in [6, 6.07) is 17.7. The minimum atomic E-state index is -0.270. The highest BCUT2D eigenvalue weighted by Crippen LogP contribution is 2.34. The van der Waals surface area contributed by atoms with Gasteiger partial charge in [0.25, 0.3) is 0 Å². The largest absolute Gasteiger partial charge is 0.492 e. The molecule has 2 aliphatic heterocycles. The van der Waals surface area contributed by atoms with Crippen LogP contribution in [0.5, 0.6) is 11.5 Å². The van der Waals surface area contributed by atoms with Crippen LogP contribution < -0.4 is 14.8 Å². The molecule has 1 aromatic carbocycles. The zero-order valence-electron chi connectivity index (χ0n) is 27.6. The molecule has 0 saturated carbocycles. The van der Waals surface area contributed by atoms with Gasteiger partial charge in [0.15, 0.2) is 0 Å². The molecule has 2 aliphatic rings. The molecular weight excluding hydrogens is 804 g/mol. The molecule has 0 unspecified atom stereocenters. The van der Waals surface area contributed by atoms with Crippen LogP contribution in [0.1, 0.15) is 64.7 Å². The highest BCUT2D eigenvalue weighted by atomic mass is 79.9. The van der Waals surface area contributed by atoms with E-state index in [1.54, 1.807) is 52.4 Å². The van der Waals surface area contributed by atoms with Gasteiger partial charge < -0.3 is 19.5 Å². The predicted octanol–water partition coefficient (Wildman–Crippen LogP) is 8.37. The van der Waals surface area contributed by atoms with E-state index >= 15 is 0 Å². The van der Waals surface area contributed by atoms with E-state index in [-0.39, 0.29) is 52.7 Å². The summed E-state index contributed by atoms with van der Waals surface area (Å²) in [6.07, 6.45) is 12.5. The van der Waals surface area contributed by atoms with Crippen LogP contribution in [0, 0.1) is 0 Å². The van der Waals surface area contributed by atoms with Crippen molar-refractivity contribution in [3.05, 3.63) is 117 Å². The Morgan fingerprint density at radius 1 is 0.800 bits per heavy atom. The molecule has 7 rings (SSSR count). The maximum Gasteiger partial charge on any atom is 0.410 e. The quantitative estimate of drug-likeness (QED) is 0.132. The molecule has 2 atom stereocenters. The van der Waals surface area contributed by atoms with Gasteiger partial charge in [-0.1, -0.05) is 30.3 Å². The first-order valence-corrected chi connectivity index (χ1v) is 18.1. The number of nitrogens with zero attached hydrogens (tertiary/aromatic N) is 5. The lowest BCUT2D eigenvalue weighted by atomic mass is 10.2. The average Bonchev–Trinajstić information content (AvgIpc) is 3.97. The first-order chi connectivity index (χ1) is 23.7. The standard InChI is InChI=1S/C22H23N3O3S.C14H17N3OS.2BrH/c26-22(28-15-17-6-2-1-3-7-17)25-12-5-9-20(25)21-24-18(16-29-21)10-13-27-19-8-4-11-23-14-19;1-3-12(9-15-6-1)18-8-5-11-10-19-14(17-11)13-4-2-7-16-13;;/h1-4,6-8,11,14,16,20H,5,9-10,12-13,15H2;1,3,6,9-10,13,16H,2,4-5,7-8H2;2*1H/t20-;13-;;/m00../s1. The third-order valence-corrected chi connectivity index (χ3v) is 10.00. The molecule has 1 amide bonds. The molecule has 6 heterocycles. The maximum atomic E-state index is 12.6. The van der Waals surface area contributed by atoms with Gasteiger partial charge in [0.2, 0.25) is 0 Å². The molecule has 5 aromatic rings. The van der Waals surface area contributed by atoms with Crippen molar-refractivity contribution in [3.63, 3.8) is 0 Å². The summed E-state index contributed by atoms with van der Waals surface area (Å²) in [4.78, 5) is 31.9. The van der Waals surface area contributed by atoms with Gasteiger partial charge in [-0.2, -0.15) is 0 Å². The van der Waals surface area contributed by atoms with Crippen molar-refractivity contribution >= 4 is 62.7 Å². The second-order valence-corrected chi connectivity index (χ2v) is 13.2. The summed E-state index contributed by atoms with van der Waals surface area (Å²) in [5.74, 6) is 1.57. The second-order valence-electron chi connectivity index (χ2n) is 11.5. The van der Waals surface area contributed by atoms with Gasteiger partial charge in [-0.3, -0.25) is 14.9 Å². The van der Waals surface area contributed by atoms with E-state index in [0.29, 0.717) is 25.8 Å². The summed E-state index contributed by atoms with van der Waals surface area (Å²) < 4.78 is 16.8. The SMILES string of the molecule is Br.Br.O=C(OCc1ccccc1)N1CCC[C@H]1c1nc(CCOc2cccnc2)cs1.c1cncc(OCCc2csc([C@@H]3CCCN3)n2)c1. The lowest BCUT2D eigenvalue weighted by molar-refractivity contribution is 0.0920. The number of hydrogen-bond donors (Lipinski definition) is 1. The summed E-state index contributed by atoms with van der Waals surface area (Å²) in [5, 5.41) is 9.85. The van der Waals surface area contributed by atoms with E-state index < -0.39 is 0 Å². The second kappa shape index (κ2) is 21.1. The molecule has 0 radical (unpaired) electrons. The van der Waals surface area contributed by atoms with E-state index in [9.17, 15) is 4.79 Å². The zero-order valence-corrected chi connectivity index (χ0v) is 32.7. The van der Waals surface area contributed by atoms with Gasteiger partial charge in [0, 0.05) is 42.5 Å². The van der Waals surface area contributed by atoms with Crippen LogP contribution in [0.3, 0.4) is 0 Å². The Morgan fingerprint density at radius 3 is 2.04 bits per heavy atom. The lowest BCUT2D eigenvalue weighted by Crippen LogP contribution is -2.31. The summed E-state index contributed by atoms with van der Waals surface area (Å²) in [7, 11) is 0. The molecule has 266 valence electrons. The first-order valence-electron chi connectivity index (χ1n) is 16.4. The van der Waals surface area contributed by atoms with Crippen molar-refractivity contribution in [1.82, 2.24) is 30.2 Å². The number of ether oxygens (including phenoxy) is 3. The Balaban J connectivity index is 0.000000233. The molecular formula is C36H42Br2N6O4S2. The van der Waals surface area contributed by atoms with Crippen molar-refractivity contribution < 1.29 is 19.0 Å². The molecule has 0 aliphatic carbocycles. The maximum absolute atomic E-state index is 12.6. The van der Waals surface area contributed by atoms with Crippen LogP contribution in [0.15, 0.2) is 90.1 Å². The first kappa shape index (κ1) is 39.4. The third-order valence-electron chi connectivity index (χ3n) is 8.00. The molecule has 0 spiro atoms. The smallest absolute Gasteiger partial charge is 0.410 e. The number of thiazole rings is 2. The number of amides is 1. The van der Waals surface area contributed by atoms with Gasteiger partial charge in [-0.05, 0) is 62.1 Å². The number of benzene rings is 1. The van der Waals surface area contributed by atoms with Crippen molar-refractivity contribution in [2.75, 3.05) is 26.3 Å². The minimum absolute atomic E-state index is 0. The number of pyridine rings is 2. The highest BCUT2D eigenvalue weighted by molar-refractivity contribution is 8.93. The molecule has 2 saturated heterocycles. The van der Waals surface area contributed by atoms with E-state index in [1.807, 2.05) is 60.0 Å². The number of halogens is 2. The van der Waals surface area contributed by atoms with Gasteiger partial charge >= 0.3 is 6.09 Å². The van der Waals surface area contributed by atoms with Crippen LogP contribution >= 0.6 is 56.6 Å². The number of carbonyl (C=O) groups is 1. The Kier molecular flexibility index (Phi) is 16.6. The van der Waals surface area contributed by atoms with Crippen LogP contribution in [0.2, 0.25) is 0 Å². The van der Waals surface area contributed by atoms with Gasteiger partial charge in [0.05, 0.1) is 49.1 Å². The molecule has 2 fully saturated rings.